The molecule has 2 aromatic carbocycles. The molecule has 2 nitrogen and oxygen atoms in total. The summed E-state index contributed by atoms with van der Waals surface area (Å²) < 4.78 is 6.91. The quantitative estimate of drug-likeness (QED) is 0.814. The smallest absolute Gasteiger partial charge is 0.127 e. The largest absolute Gasteiger partial charge is 0.457 e. The highest BCUT2D eigenvalue weighted by atomic mass is 79.9. The average molecular weight is 346 g/mol. The van der Waals surface area contributed by atoms with E-state index < -0.39 is 0 Å². The second kappa shape index (κ2) is 6.63. The molecule has 0 radical (unpaired) electrons. The van der Waals surface area contributed by atoms with E-state index in [2.05, 4.69) is 52.4 Å². The number of benzene rings is 2. The van der Waals surface area contributed by atoms with Gasteiger partial charge in [-0.2, -0.15) is 0 Å². The summed E-state index contributed by atoms with van der Waals surface area (Å²) in [5, 5.41) is 3.50. The second-order valence-corrected chi connectivity index (χ2v) is 6.46. The molecule has 1 aliphatic rings. The van der Waals surface area contributed by atoms with Gasteiger partial charge in [-0.1, -0.05) is 35.0 Å². The maximum Gasteiger partial charge on any atom is 0.127 e. The molecule has 3 heteroatoms. The summed E-state index contributed by atoms with van der Waals surface area (Å²) in [7, 11) is 0. The summed E-state index contributed by atoms with van der Waals surface area (Å²) in [4.78, 5) is 0. The van der Waals surface area contributed by atoms with Crippen molar-refractivity contribution in [3.63, 3.8) is 0 Å². The molecule has 0 atom stereocenters. The van der Waals surface area contributed by atoms with Gasteiger partial charge in [0.15, 0.2) is 0 Å². The first-order valence-electron chi connectivity index (χ1n) is 7.51. The molecule has 0 amide bonds. The highest BCUT2D eigenvalue weighted by Gasteiger charge is 2.29. The Kier molecular flexibility index (Phi) is 4.61. The van der Waals surface area contributed by atoms with E-state index in [1.54, 1.807) is 0 Å². The van der Waals surface area contributed by atoms with Gasteiger partial charge in [0, 0.05) is 10.5 Å². The second-order valence-electron chi connectivity index (χ2n) is 5.55. The number of hydrogen-bond donors (Lipinski definition) is 1. The summed E-state index contributed by atoms with van der Waals surface area (Å²) in [6.45, 7) is 3.24. The van der Waals surface area contributed by atoms with Crippen LogP contribution in [0.2, 0.25) is 0 Å². The molecule has 1 aliphatic carbocycles. The molecular formula is C18H20BrNO. The first kappa shape index (κ1) is 14.6. The van der Waals surface area contributed by atoms with Crippen molar-refractivity contribution in [2.24, 2.45) is 0 Å². The minimum Gasteiger partial charge on any atom is -0.457 e. The minimum absolute atomic E-state index is 0.704. The van der Waals surface area contributed by atoms with Crippen molar-refractivity contribution in [1.29, 1.82) is 0 Å². The molecule has 0 aromatic heterocycles. The van der Waals surface area contributed by atoms with Gasteiger partial charge in [0.2, 0.25) is 0 Å². The van der Waals surface area contributed by atoms with Gasteiger partial charge in [-0.3, -0.25) is 0 Å². The van der Waals surface area contributed by atoms with Crippen LogP contribution in [0.5, 0.6) is 11.5 Å². The van der Waals surface area contributed by atoms with Crippen LogP contribution in [0.4, 0.5) is 0 Å². The lowest BCUT2D eigenvalue weighted by Crippen LogP contribution is -2.39. The zero-order valence-corrected chi connectivity index (χ0v) is 13.8. The molecule has 0 saturated heterocycles. The lowest BCUT2D eigenvalue weighted by molar-refractivity contribution is 0.296. The third-order valence-electron chi connectivity index (χ3n) is 4.03. The molecular weight excluding hydrogens is 326 g/mol. The van der Waals surface area contributed by atoms with E-state index in [4.69, 9.17) is 4.74 Å². The molecule has 0 aliphatic heterocycles. The Morgan fingerprint density at radius 1 is 1.00 bits per heavy atom. The third-order valence-corrected chi connectivity index (χ3v) is 4.56. The summed E-state index contributed by atoms with van der Waals surface area (Å²) in [6, 6.07) is 17.1. The SMILES string of the molecule is CCNC1CC(c2ccc(Oc3ccc(Br)cc3)cc2)C1. The van der Waals surface area contributed by atoms with Crippen LogP contribution in [0.3, 0.4) is 0 Å². The Morgan fingerprint density at radius 3 is 2.14 bits per heavy atom. The van der Waals surface area contributed by atoms with Crippen molar-refractivity contribution in [2.75, 3.05) is 6.54 Å². The molecule has 3 rings (SSSR count). The van der Waals surface area contributed by atoms with E-state index >= 15 is 0 Å². The molecule has 21 heavy (non-hydrogen) atoms. The Labute approximate surface area is 134 Å². The van der Waals surface area contributed by atoms with Crippen LogP contribution in [0, 0.1) is 0 Å². The van der Waals surface area contributed by atoms with E-state index in [1.165, 1.54) is 18.4 Å². The van der Waals surface area contributed by atoms with Crippen molar-refractivity contribution in [2.45, 2.75) is 31.7 Å². The Bertz CT molecular complexity index is 573. The maximum absolute atomic E-state index is 5.85. The topological polar surface area (TPSA) is 21.3 Å². The van der Waals surface area contributed by atoms with Crippen molar-refractivity contribution in [1.82, 2.24) is 5.32 Å². The monoisotopic (exact) mass is 345 g/mol. The Morgan fingerprint density at radius 2 is 1.57 bits per heavy atom. The van der Waals surface area contributed by atoms with E-state index in [1.807, 2.05) is 24.3 Å². The molecule has 0 spiro atoms. The van der Waals surface area contributed by atoms with Gasteiger partial charge in [-0.05, 0) is 67.3 Å². The first-order chi connectivity index (χ1) is 10.2. The highest BCUT2D eigenvalue weighted by Crippen LogP contribution is 2.37. The lowest BCUT2D eigenvalue weighted by Gasteiger charge is -2.36. The fourth-order valence-corrected chi connectivity index (χ4v) is 3.06. The normalized spacial score (nSPS) is 20.9. The number of hydrogen-bond acceptors (Lipinski definition) is 2. The van der Waals surface area contributed by atoms with Crippen molar-refractivity contribution < 1.29 is 4.74 Å². The van der Waals surface area contributed by atoms with Gasteiger partial charge < -0.3 is 10.1 Å². The summed E-state index contributed by atoms with van der Waals surface area (Å²) in [5.74, 6) is 2.46. The van der Waals surface area contributed by atoms with Crippen LogP contribution in [0.15, 0.2) is 53.0 Å². The van der Waals surface area contributed by atoms with Crippen LogP contribution in [-0.2, 0) is 0 Å². The average Bonchev–Trinajstić information content (AvgIpc) is 2.46. The van der Waals surface area contributed by atoms with Crippen LogP contribution in [0.1, 0.15) is 31.2 Å². The van der Waals surface area contributed by atoms with Crippen LogP contribution in [-0.4, -0.2) is 12.6 Å². The van der Waals surface area contributed by atoms with Gasteiger partial charge in [-0.15, -0.1) is 0 Å². The summed E-state index contributed by atoms with van der Waals surface area (Å²) >= 11 is 3.43. The first-order valence-corrected chi connectivity index (χ1v) is 8.30. The fraction of sp³-hybridized carbons (Fsp3) is 0.333. The number of ether oxygens (including phenoxy) is 1. The number of rotatable bonds is 5. The van der Waals surface area contributed by atoms with Crippen molar-refractivity contribution in [3.8, 4) is 11.5 Å². The van der Waals surface area contributed by atoms with Gasteiger partial charge in [0.25, 0.3) is 0 Å². The number of nitrogens with one attached hydrogen (secondary N) is 1. The predicted octanol–water partition coefficient (Wildman–Crippen LogP) is 5.10. The molecule has 0 bridgehead atoms. The van der Waals surface area contributed by atoms with Crippen molar-refractivity contribution in [3.05, 3.63) is 58.6 Å². The lowest BCUT2D eigenvalue weighted by atomic mass is 9.76. The maximum atomic E-state index is 5.85. The standard InChI is InChI=1S/C18H20BrNO/c1-2-20-16-11-14(12-16)13-3-7-17(8-4-13)21-18-9-5-15(19)6-10-18/h3-10,14,16,20H,2,11-12H2,1H3. The van der Waals surface area contributed by atoms with Crippen LogP contribution >= 0.6 is 15.9 Å². The third kappa shape index (κ3) is 3.66. The van der Waals surface area contributed by atoms with Gasteiger partial charge in [-0.25, -0.2) is 0 Å². The van der Waals surface area contributed by atoms with E-state index in [0.717, 1.165) is 22.5 Å². The fourth-order valence-electron chi connectivity index (χ4n) is 2.79. The molecule has 1 N–H and O–H groups in total. The number of halogens is 1. The van der Waals surface area contributed by atoms with Gasteiger partial charge in [0.05, 0.1) is 0 Å². The Hall–Kier alpha value is -1.32. The van der Waals surface area contributed by atoms with Gasteiger partial charge in [0.1, 0.15) is 11.5 Å². The van der Waals surface area contributed by atoms with Crippen LogP contribution < -0.4 is 10.1 Å². The molecule has 1 saturated carbocycles. The molecule has 0 unspecified atom stereocenters. The molecule has 0 heterocycles. The zero-order valence-electron chi connectivity index (χ0n) is 12.2. The zero-order chi connectivity index (χ0) is 14.7. The van der Waals surface area contributed by atoms with Crippen molar-refractivity contribution >= 4 is 15.9 Å². The van der Waals surface area contributed by atoms with E-state index in [0.29, 0.717) is 12.0 Å². The highest BCUT2D eigenvalue weighted by molar-refractivity contribution is 9.10. The van der Waals surface area contributed by atoms with Gasteiger partial charge >= 0.3 is 0 Å². The molecule has 2 aromatic rings. The molecule has 110 valence electrons. The Balaban J connectivity index is 1.58. The minimum atomic E-state index is 0.704. The summed E-state index contributed by atoms with van der Waals surface area (Å²) in [6.07, 6.45) is 2.50. The van der Waals surface area contributed by atoms with E-state index in [9.17, 15) is 0 Å². The molecule has 1 fully saturated rings. The van der Waals surface area contributed by atoms with E-state index in [-0.39, 0.29) is 0 Å². The van der Waals surface area contributed by atoms with Crippen LogP contribution in [0.25, 0.3) is 0 Å². The predicted molar refractivity (Wildman–Crippen MR) is 90.1 cm³/mol. The summed E-state index contributed by atoms with van der Waals surface area (Å²) in [5.41, 5.74) is 1.42.